The fourth-order valence-electron chi connectivity index (χ4n) is 2.40. The summed E-state index contributed by atoms with van der Waals surface area (Å²) in [6, 6.07) is 0. The van der Waals surface area contributed by atoms with E-state index in [0.717, 1.165) is 0 Å². The highest BCUT2D eigenvalue weighted by atomic mass is 32.2. The van der Waals surface area contributed by atoms with Crippen LogP contribution in [0.4, 0.5) is 0 Å². The van der Waals surface area contributed by atoms with Crippen LogP contribution in [0, 0.1) is 5.92 Å². The summed E-state index contributed by atoms with van der Waals surface area (Å²) in [5.74, 6) is -1.76. The highest BCUT2D eigenvalue weighted by molar-refractivity contribution is 8.22. The summed E-state index contributed by atoms with van der Waals surface area (Å²) >= 11 is 2.58. The largest absolute Gasteiger partial charge is 0.477 e. The van der Waals surface area contributed by atoms with Gasteiger partial charge in [0.2, 0.25) is 11.8 Å². The first-order valence-corrected chi connectivity index (χ1v) is 8.58. The number of rotatable bonds is 6. The van der Waals surface area contributed by atoms with Crippen molar-refractivity contribution in [3.8, 4) is 0 Å². The molecule has 0 aromatic heterocycles. The van der Waals surface area contributed by atoms with E-state index in [1.54, 1.807) is 13.8 Å². The van der Waals surface area contributed by atoms with Crippen molar-refractivity contribution in [1.29, 1.82) is 0 Å². The van der Waals surface area contributed by atoms with Gasteiger partial charge in [0.15, 0.2) is 5.70 Å². The van der Waals surface area contributed by atoms with Crippen LogP contribution in [0.1, 0.15) is 20.8 Å². The molecule has 0 saturated carbocycles. The molecule has 0 aromatic carbocycles. The minimum atomic E-state index is -1.19. The van der Waals surface area contributed by atoms with Crippen molar-refractivity contribution >= 4 is 41.3 Å². The Morgan fingerprint density at radius 1 is 1.45 bits per heavy atom. The predicted molar refractivity (Wildman–Crippen MR) is 83.8 cm³/mol. The van der Waals surface area contributed by atoms with Gasteiger partial charge in [-0.2, -0.15) is 0 Å². The molecule has 7 nitrogen and oxygen atoms in total. The van der Waals surface area contributed by atoms with Gasteiger partial charge in [0.1, 0.15) is 5.37 Å². The van der Waals surface area contributed by atoms with Gasteiger partial charge in [-0.15, -0.1) is 11.8 Å². The van der Waals surface area contributed by atoms with E-state index in [-0.39, 0.29) is 22.9 Å². The minimum Gasteiger partial charge on any atom is -0.477 e. The van der Waals surface area contributed by atoms with Crippen molar-refractivity contribution in [2.24, 2.45) is 5.92 Å². The van der Waals surface area contributed by atoms with Crippen LogP contribution in [0.15, 0.2) is 9.93 Å². The van der Waals surface area contributed by atoms with Crippen molar-refractivity contribution < 1.29 is 24.6 Å². The number of β-lactam (4-membered cyclic amide) rings is 1. The van der Waals surface area contributed by atoms with Gasteiger partial charge < -0.3 is 15.5 Å². The molecule has 0 aliphatic carbocycles. The number of thioether (sulfide) groups is 2. The van der Waals surface area contributed by atoms with Crippen molar-refractivity contribution in [1.82, 2.24) is 10.2 Å². The SMILES string of the molecule is CC(=O)NCCSC1=C(C(=O)O)N2C(=O)C(C(C)(C)O)[C@H]2S1. The summed E-state index contributed by atoms with van der Waals surface area (Å²) in [5, 5.41) is 21.7. The zero-order valence-electron chi connectivity index (χ0n) is 12.5. The summed E-state index contributed by atoms with van der Waals surface area (Å²) in [6.07, 6.45) is 0. The summed E-state index contributed by atoms with van der Waals surface area (Å²) in [6.45, 7) is 4.94. The number of carboxylic acids is 1. The first-order valence-electron chi connectivity index (χ1n) is 6.71. The maximum Gasteiger partial charge on any atom is 0.354 e. The van der Waals surface area contributed by atoms with E-state index in [0.29, 0.717) is 16.5 Å². The van der Waals surface area contributed by atoms with Gasteiger partial charge in [-0.1, -0.05) is 11.8 Å². The Morgan fingerprint density at radius 3 is 2.59 bits per heavy atom. The van der Waals surface area contributed by atoms with Crippen molar-refractivity contribution in [3.63, 3.8) is 0 Å². The first-order chi connectivity index (χ1) is 10.1. The molecule has 3 N–H and O–H groups in total. The quantitative estimate of drug-likeness (QED) is 0.472. The highest BCUT2D eigenvalue weighted by Gasteiger charge is 2.60. The zero-order valence-corrected chi connectivity index (χ0v) is 14.1. The molecule has 1 unspecified atom stereocenters. The molecule has 0 radical (unpaired) electrons. The Balaban J connectivity index is 2.08. The van der Waals surface area contributed by atoms with E-state index in [9.17, 15) is 24.6 Å². The molecule has 2 rings (SSSR count). The highest BCUT2D eigenvalue weighted by Crippen LogP contribution is 2.55. The van der Waals surface area contributed by atoms with Crippen LogP contribution < -0.4 is 5.32 Å². The Labute approximate surface area is 136 Å². The van der Waals surface area contributed by atoms with Crippen molar-refractivity contribution in [2.45, 2.75) is 31.7 Å². The van der Waals surface area contributed by atoms with E-state index in [4.69, 9.17) is 0 Å². The Hall–Kier alpha value is -1.19. The fourth-order valence-corrected chi connectivity index (χ4v) is 5.35. The number of carboxylic acid groups (broad SMARTS) is 1. The van der Waals surface area contributed by atoms with E-state index in [1.165, 1.54) is 35.3 Å². The lowest BCUT2D eigenvalue weighted by molar-refractivity contribution is -0.163. The molecule has 1 fully saturated rings. The van der Waals surface area contributed by atoms with Crippen LogP contribution in [-0.2, 0) is 14.4 Å². The lowest BCUT2D eigenvalue weighted by atomic mass is 9.83. The summed E-state index contributed by atoms with van der Waals surface area (Å²) in [5.41, 5.74) is -1.21. The van der Waals surface area contributed by atoms with Gasteiger partial charge in [-0.3, -0.25) is 14.5 Å². The average Bonchev–Trinajstić information content (AvgIpc) is 2.67. The van der Waals surface area contributed by atoms with Crippen LogP contribution >= 0.6 is 23.5 Å². The molecule has 9 heteroatoms. The normalized spacial score (nSPS) is 24.2. The van der Waals surface area contributed by atoms with E-state index in [2.05, 4.69) is 5.32 Å². The van der Waals surface area contributed by atoms with Crippen LogP contribution in [-0.4, -0.2) is 56.2 Å². The number of hydrogen-bond acceptors (Lipinski definition) is 6. The molecule has 2 atom stereocenters. The van der Waals surface area contributed by atoms with Crippen LogP contribution in [0.5, 0.6) is 0 Å². The van der Waals surface area contributed by atoms with Crippen molar-refractivity contribution in [3.05, 3.63) is 9.93 Å². The molecule has 2 aliphatic rings. The molecule has 122 valence electrons. The number of hydrogen-bond donors (Lipinski definition) is 3. The van der Waals surface area contributed by atoms with Gasteiger partial charge >= 0.3 is 5.97 Å². The van der Waals surface area contributed by atoms with E-state index < -0.39 is 17.5 Å². The smallest absolute Gasteiger partial charge is 0.354 e. The molecule has 22 heavy (non-hydrogen) atoms. The minimum absolute atomic E-state index is 0.0201. The molecule has 1 saturated heterocycles. The van der Waals surface area contributed by atoms with E-state index >= 15 is 0 Å². The standard InChI is InChI=1S/C13H18N2O5S2/c1-6(16)14-4-5-21-12-8(11(18)19)15-9(17)7(10(15)22-12)13(2,3)20/h7,10,20H,4-5H2,1-3H3,(H,14,16)(H,18,19)/t7?,10-/m1/s1. The Morgan fingerprint density at radius 2 is 2.09 bits per heavy atom. The monoisotopic (exact) mass is 346 g/mol. The number of nitrogens with one attached hydrogen (secondary N) is 1. The number of nitrogens with zero attached hydrogens (tertiary/aromatic N) is 1. The van der Waals surface area contributed by atoms with Gasteiger partial charge in [0, 0.05) is 19.2 Å². The van der Waals surface area contributed by atoms with Crippen molar-refractivity contribution in [2.75, 3.05) is 12.3 Å². The molecular formula is C13H18N2O5S2. The van der Waals surface area contributed by atoms with Gasteiger partial charge in [-0.05, 0) is 13.8 Å². The zero-order chi connectivity index (χ0) is 16.7. The third-order valence-corrected chi connectivity index (χ3v) is 6.02. The second-order valence-corrected chi connectivity index (χ2v) is 8.11. The first kappa shape index (κ1) is 17.2. The molecule has 0 bridgehead atoms. The van der Waals surface area contributed by atoms with Crippen LogP contribution in [0.25, 0.3) is 0 Å². The third-order valence-electron chi connectivity index (χ3n) is 3.38. The molecule has 2 heterocycles. The number of amides is 2. The number of carbonyl (C=O) groups excluding carboxylic acids is 2. The lowest BCUT2D eigenvalue weighted by Crippen LogP contribution is -2.64. The predicted octanol–water partition coefficient (Wildman–Crippen LogP) is 0.412. The number of aliphatic carboxylic acids is 1. The third kappa shape index (κ3) is 3.11. The van der Waals surface area contributed by atoms with Gasteiger partial charge in [0.25, 0.3) is 0 Å². The maximum absolute atomic E-state index is 12.2. The molecular weight excluding hydrogens is 328 g/mol. The topological polar surface area (TPSA) is 107 Å². The molecule has 2 aliphatic heterocycles. The van der Waals surface area contributed by atoms with E-state index in [1.807, 2.05) is 0 Å². The maximum atomic E-state index is 12.2. The molecule has 0 aromatic rings. The lowest BCUT2D eigenvalue weighted by Gasteiger charge is -2.47. The number of carbonyl (C=O) groups is 3. The van der Waals surface area contributed by atoms with Crippen LogP contribution in [0.2, 0.25) is 0 Å². The fraction of sp³-hybridized carbons (Fsp3) is 0.615. The second kappa shape index (κ2) is 6.13. The van der Waals surface area contributed by atoms with Gasteiger partial charge in [-0.25, -0.2) is 4.79 Å². The Kier molecular flexibility index (Phi) is 4.78. The van der Waals surface area contributed by atoms with Crippen LogP contribution in [0.3, 0.4) is 0 Å². The number of fused-ring (bicyclic) bond motifs is 1. The average molecular weight is 346 g/mol. The summed E-state index contributed by atoms with van der Waals surface area (Å²) < 4.78 is 0.544. The summed E-state index contributed by atoms with van der Waals surface area (Å²) in [4.78, 5) is 35.6. The second-order valence-electron chi connectivity index (χ2n) is 5.62. The Bertz CT molecular complexity index is 555. The number of aliphatic hydroxyl groups is 1. The molecule has 2 amide bonds. The van der Waals surface area contributed by atoms with Gasteiger partial charge in [0.05, 0.1) is 15.8 Å². The molecule has 0 spiro atoms. The summed E-state index contributed by atoms with van der Waals surface area (Å²) in [7, 11) is 0.